The van der Waals surface area contributed by atoms with Gasteiger partial charge < -0.3 is 10.6 Å². The number of rotatable bonds is 5. The van der Waals surface area contributed by atoms with Crippen LogP contribution in [0.25, 0.3) is 5.70 Å². The average Bonchev–Trinajstić information content (AvgIpc) is 2.44. The van der Waals surface area contributed by atoms with Crippen LogP contribution in [0.2, 0.25) is 0 Å². The van der Waals surface area contributed by atoms with Crippen LogP contribution >= 0.6 is 0 Å². The summed E-state index contributed by atoms with van der Waals surface area (Å²) in [6.07, 6.45) is 5.38. The van der Waals surface area contributed by atoms with Crippen molar-refractivity contribution in [3.8, 4) is 0 Å². The molecule has 0 saturated heterocycles. The predicted octanol–water partition coefficient (Wildman–Crippen LogP) is 4.29. The van der Waals surface area contributed by atoms with Gasteiger partial charge in [-0.25, -0.2) is 0 Å². The van der Waals surface area contributed by atoms with Crippen LogP contribution in [0.4, 0.5) is 5.69 Å². The second-order valence-electron chi connectivity index (χ2n) is 4.85. The zero-order valence-corrected chi connectivity index (χ0v) is 12.8. The summed E-state index contributed by atoms with van der Waals surface area (Å²) in [6.45, 7) is 8.02. The molecule has 0 aromatic heterocycles. The zero-order valence-electron chi connectivity index (χ0n) is 12.8. The van der Waals surface area contributed by atoms with Crippen LogP contribution in [0.3, 0.4) is 0 Å². The van der Waals surface area contributed by atoms with Gasteiger partial charge in [-0.05, 0) is 35.6 Å². The third-order valence-electron chi connectivity index (χ3n) is 3.76. The number of nitrogens with one attached hydrogen (secondary N) is 2. The second-order valence-corrected chi connectivity index (χ2v) is 4.85. The summed E-state index contributed by atoms with van der Waals surface area (Å²) < 4.78 is 0. The minimum absolute atomic E-state index is 0.889. The Kier molecular flexibility index (Phi) is 6.48. The molecule has 0 radical (unpaired) electrons. The normalized spacial score (nSPS) is 13.9. The Labute approximate surface area is 118 Å². The molecule has 0 unspecified atom stereocenters. The SMILES string of the molecule is C=C(NC)c1ccc(NC)c(CC2CCC2)c1.CC. The van der Waals surface area contributed by atoms with Crippen LogP contribution in [0.5, 0.6) is 0 Å². The van der Waals surface area contributed by atoms with Gasteiger partial charge in [-0.15, -0.1) is 0 Å². The standard InChI is InChI=1S/C15H22N2.C2H6/c1-11(16-2)13-7-8-15(17-3)14(10-13)9-12-5-4-6-12;1-2/h7-8,10,12,16-17H,1,4-6,9H2,2-3H3;1-2H3. The fraction of sp³-hybridized carbons (Fsp3) is 0.529. The Bertz CT molecular complexity index is 406. The van der Waals surface area contributed by atoms with Gasteiger partial charge in [0.2, 0.25) is 0 Å². The first-order valence-electron chi connectivity index (χ1n) is 7.42. The molecule has 0 bridgehead atoms. The van der Waals surface area contributed by atoms with E-state index in [0.29, 0.717) is 0 Å². The maximum atomic E-state index is 4.02. The van der Waals surface area contributed by atoms with Crippen LogP contribution in [0.1, 0.15) is 44.2 Å². The van der Waals surface area contributed by atoms with E-state index in [-0.39, 0.29) is 0 Å². The molecule has 106 valence electrons. The van der Waals surface area contributed by atoms with E-state index in [1.165, 1.54) is 42.5 Å². The highest BCUT2D eigenvalue weighted by Crippen LogP contribution is 2.32. The minimum Gasteiger partial charge on any atom is -0.388 e. The van der Waals surface area contributed by atoms with Gasteiger partial charge in [0.25, 0.3) is 0 Å². The molecule has 2 N–H and O–H groups in total. The van der Waals surface area contributed by atoms with Crippen molar-refractivity contribution in [2.75, 3.05) is 19.4 Å². The van der Waals surface area contributed by atoms with Crippen LogP contribution in [-0.2, 0) is 6.42 Å². The molecule has 1 aromatic carbocycles. The topological polar surface area (TPSA) is 24.1 Å². The monoisotopic (exact) mass is 260 g/mol. The maximum Gasteiger partial charge on any atom is 0.0370 e. The van der Waals surface area contributed by atoms with Crippen LogP contribution in [0, 0.1) is 5.92 Å². The van der Waals surface area contributed by atoms with Crippen molar-refractivity contribution in [3.05, 3.63) is 35.9 Å². The molecule has 0 atom stereocenters. The molecule has 19 heavy (non-hydrogen) atoms. The van der Waals surface area contributed by atoms with Gasteiger partial charge in [0.15, 0.2) is 0 Å². The first-order chi connectivity index (χ1) is 9.24. The molecule has 2 rings (SSSR count). The molecule has 0 heterocycles. The Morgan fingerprint density at radius 1 is 1.26 bits per heavy atom. The summed E-state index contributed by atoms with van der Waals surface area (Å²) in [5, 5.41) is 6.40. The number of hydrogen-bond acceptors (Lipinski definition) is 2. The van der Waals surface area contributed by atoms with E-state index in [2.05, 4.69) is 35.4 Å². The molecule has 1 saturated carbocycles. The Morgan fingerprint density at radius 2 is 1.95 bits per heavy atom. The van der Waals surface area contributed by atoms with Crippen molar-refractivity contribution in [2.24, 2.45) is 5.92 Å². The number of hydrogen-bond donors (Lipinski definition) is 2. The summed E-state index contributed by atoms with van der Waals surface area (Å²) in [5.74, 6) is 0.889. The van der Waals surface area contributed by atoms with Gasteiger partial charge in [-0.3, -0.25) is 0 Å². The van der Waals surface area contributed by atoms with E-state index in [9.17, 15) is 0 Å². The lowest BCUT2D eigenvalue weighted by Gasteiger charge is -2.26. The molecule has 1 aliphatic rings. The molecule has 2 heteroatoms. The third kappa shape index (κ3) is 4.02. The Morgan fingerprint density at radius 3 is 2.42 bits per heavy atom. The molecule has 1 aliphatic carbocycles. The van der Waals surface area contributed by atoms with Crippen molar-refractivity contribution in [2.45, 2.75) is 39.5 Å². The van der Waals surface area contributed by atoms with E-state index in [1.54, 1.807) is 0 Å². The average molecular weight is 260 g/mol. The van der Waals surface area contributed by atoms with E-state index in [4.69, 9.17) is 0 Å². The largest absolute Gasteiger partial charge is 0.388 e. The maximum absolute atomic E-state index is 4.02. The third-order valence-corrected chi connectivity index (χ3v) is 3.76. The Hall–Kier alpha value is -1.44. The van der Waals surface area contributed by atoms with E-state index in [0.717, 1.165) is 11.6 Å². The predicted molar refractivity (Wildman–Crippen MR) is 86.5 cm³/mol. The molecule has 1 fully saturated rings. The highest BCUT2D eigenvalue weighted by atomic mass is 14.8. The van der Waals surface area contributed by atoms with Gasteiger partial charge in [-0.2, -0.15) is 0 Å². The second kappa shape index (κ2) is 7.88. The molecule has 0 spiro atoms. The van der Waals surface area contributed by atoms with Crippen molar-refractivity contribution in [1.82, 2.24) is 5.32 Å². The fourth-order valence-electron chi connectivity index (χ4n) is 2.35. The van der Waals surface area contributed by atoms with E-state index in [1.807, 2.05) is 27.9 Å². The van der Waals surface area contributed by atoms with Gasteiger partial charge in [0, 0.05) is 25.5 Å². The molecule has 0 amide bonds. The highest BCUT2D eigenvalue weighted by molar-refractivity contribution is 5.66. The van der Waals surface area contributed by atoms with Crippen molar-refractivity contribution in [3.63, 3.8) is 0 Å². The van der Waals surface area contributed by atoms with Crippen LogP contribution in [0.15, 0.2) is 24.8 Å². The molecule has 2 nitrogen and oxygen atoms in total. The minimum atomic E-state index is 0.889. The first kappa shape index (κ1) is 15.6. The van der Waals surface area contributed by atoms with Gasteiger partial charge >= 0.3 is 0 Å². The quantitative estimate of drug-likeness (QED) is 0.825. The first-order valence-corrected chi connectivity index (χ1v) is 7.42. The van der Waals surface area contributed by atoms with Gasteiger partial charge in [0.1, 0.15) is 0 Å². The summed E-state index contributed by atoms with van der Waals surface area (Å²) in [5.41, 5.74) is 4.86. The zero-order chi connectivity index (χ0) is 14.3. The summed E-state index contributed by atoms with van der Waals surface area (Å²) in [4.78, 5) is 0. The van der Waals surface area contributed by atoms with E-state index < -0.39 is 0 Å². The lowest BCUT2D eigenvalue weighted by atomic mass is 9.80. The van der Waals surface area contributed by atoms with Gasteiger partial charge in [-0.1, -0.05) is 45.8 Å². The summed E-state index contributed by atoms with van der Waals surface area (Å²) in [7, 11) is 3.91. The van der Waals surface area contributed by atoms with Crippen LogP contribution in [-0.4, -0.2) is 14.1 Å². The summed E-state index contributed by atoms with van der Waals surface area (Å²) in [6, 6.07) is 6.55. The van der Waals surface area contributed by atoms with Crippen molar-refractivity contribution >= 4 is 11.4 Å². The van der Waals surface area contributed by atoms with Crippen molar-refractivity contribution in [1.29, 1.82) is 0 Å². The molecular weight excluding hydrogens is 232 g/mol. The molecule has 0 aliphatic heterocycles. The van der Waals surface area contributed by atoms with Gasteiger partial charge in [0.05, 0.1) is 0 Å². The Balaban J connectivity index is 0.000000861. The molecular formula is C17H28N2. The fourth-order valence-corrected chi connectivity index (χ4v) is 2.35. The highest BCUT2D eigenvalue weighted by Gasteiger charge is 2.19. The number of benzene rings is 1. The summed E-state index contributed by atoms with van der Waals surface area (Å²) >= 11 is 0. The van der Waals surface area contributed by atoms with Crippen LogP contribution < -0.4 is 10.6 Å². The lowest BCUT2D eigenvalue weighted by Crippen LogP contribution is -2.15. The smallest absolute Gasteiger partial charge is 0.0370 e. The lowest BCUT2D eigenvalue weighted by molar-refractivity contribution is 0.315. The van der Waals surface area contributed by atoms with Crippen molar-refractivity contribution < 1.29 is 0 Å². The van der Waals surface area contributed by atoms with E-state index >= 15 is 0 Å². The number of anilines is 1. The molecule has 1 aromatic rings.